The molecule has 2 N–H and O–H groups in total. The summed E-state index contributed by atoms with van der Waals surface area (Å²) in [4.78, 5) is 13.7. The van der Waals surface area contributed by atoms with E-state index in [0.717, 1.165) is 0 Å². The van der Waals surface area contributed by atoms with Gasteiger partial charge in [-0.25, -0.2) is 0 Å². The molecule has 1 unspecified atom stereocenters. The number of carbonyl (C=O) groups excluding carboxylic acids is 1. The van der Waals surface area contributed by atoms with Gasteiger partial charge >= 0.3 is 0 Å². The van der Waals surface area contributed by atoms with Crippen LogP contribution in [0.15, 0.2) is 24.3 Å². The zero-order valence-electron chi connectivity index (χ0n) is 10.6. The predicted molar refractivity (Wildman–Crippen MR) is 68.0 cm³/mol. The molecule has 0 bridgehead atoms. The molecular formula is C13H20N2O2. The van der Waals surface area contributed by atoms with Crippen LogP contribution >= 0.6 is 0 Å². The highest BCUT2D eigenvalue weighted by atomic mass is 16.3. The molecule has 0 heterocycles. The molecule has 0 fully saturated rings. The average Bonchev–Trinajstić information content (AvgIpc) is 2.29. The van der Waals surface area contributed by atoms with Crippen molar-refractivity contribution < 1.29 is 9.90 Å². The molecular weight excluding hydrogens is 216 g/mol. The molecule has 0 aromatic heterocycles. The molecule has 0 spiro atoms. The first-order valence-electron chi connectivity index (χ1n) is 5.70. The highest BCUT2D eigenvalue weighted by Crippen LogP contribution is 2.15. The summed E-state index contributed by atoms with van der Waals surface area (Å²) in [5.74, 6) is 0.100. The van der Waals surface area contributed by atoms with Crippen LogP contribution in [0.2, 0.25) is 0 Å². The summed E-state index contributed by atoms with van der Waals surface area (Å²) in [5, 5.41) is 12.4. The highest BCUT2D eigenvalue weighted by molar-refractivity contribution is 5.79. The number of phenolic OH excluding ortho intramolecular Hbond substituents is 1. The van der Waals surface area contributed by atoms with E-state index in [1.54, 1.807) is 18.2 Å². The van der Waals surface area contributed by atoms with E-state index in [4.69, 9.17) is 0 Å². The SMILES string of the molecule is CC(CNC(=O)Cc1ccccc1O)N(C)C. The smallest absolute Gasteiger partial charge is 0.224 e. The zero-order chi connectivity index (χ0) is 12.8. The van der Waals surface area contributed by atoms with E-state index < -0.39 is 0 Å². The molecule has 0 aliphatic heterocycles. The van der Waals surface area contributed by atoms with Crippen molar-refractivity contribution in [3.63, 3.8) is 0 Å². The third-order valence-electron chi connectivity index (χ3n) is 2.82. The number of para-hydroxylation sites is 1. The van der Waals surface area contributed by atoms with Crippen LogP contribution in [0.1, 0.15) is 12.5 Å². The zero-order valence-corrected chi connectivity index (χ0v) is 10.6. The average molecular weight is 236 g/mol. The molecule has 0 aliphatic carbocycles. The van der Waals surface area contributed by atoms with Gasteiger partial charge in [0.2, 0.25) is 5.91 Å². The van der Waals surface area contributed by atoms with Crippen molar-refractivity contribution in [2.45, 2.75) is 19.4 Å². The number of rotatable bonds is 5. The summed E-state index contributed by atoms with van der Waals surface area (Å²) in [5.41, 5.74) is 0.655. The minimum Gasteiger partial charge on any atom is -0.508 e. The van der Waals surface area contributed by atoms with Gasteiger partial charge < -0.3 is 15.3 Å². The van der Waals surface area contributed by atoms with E-state index in [9.17, 15) is 9.90 Å². The number of aromatic hydroxyl groups is 1. The monoisotopic (exact) mass is 236 g/mol. The summed E-state index contributed by atoms with van der Waals surface area (Å²) in [6.45, 7) is 2.65. The summed E-state index contributed by atoms with van der Waals surface area (Å²) in [7, 11) is 3.94. The lowest BCUT2D eigenvalue weighted by atomic mass is 10.1. The highest BCUT2D eigenvalue weighted by Gasteiger charge is 2.09. The summed E-state index contributed by atoms with van der Waals surface area (Å²) in [6.07, 6.45) is 0.215. The Kier molecular flexibility index (Phi) is 4.97. The van der Waals surface area contributed by atoms with Crippen LogP contribution in [0.4, 0.5) is 0 Å². The number of carbonyl (C=O) groups is 1. The van der Waals surface area contributed by atoms with E-state index in [1.165, 1.54) is 0 Å². The number of hydrogen-bond donors (Lipinski definition) is 2. The molecule has 94 valence electrons. The minimum atomic E-state index is -0.0693. The molecule has 0 aliphatic rings. The molecule has 0 radical (unpaired) electrons. The molecule has 1 rings (SSSR count). The first kappa shape index (κ1) is 13.5. The Morgan fingerprint density at radius 2 is 2.06 bits per heavy atom. The number of benzene rings is 1. The largest absolute Gasteiger partial charge is 0.508 e. The Labute approximate surface area is 102 Å². The van der Waals surface area contributed by atoms with Crippen LogP contribution in [0.3, 0.4) is 0 Å². The first-order valence-corrected chi connectivity index (χ1v) is 5.70. The summed E-state index contributed by atoms with van der Waals surface area (Å²) < 4.78 is 0. The molecule has 1 atom stereocenters. The number of nitrogens with one attached hydrogen (secondary N) is 1. The lowest BCUT2D eigenvalue weighted by Gasteiger charge is -2.20. The molecule has 0 saturated heterocycles. The summed E-state index contributed by atoms with van der Waals surface area (Å²) in [6, 6.07) is 7.19. The van der Waals surface area contributed by atoms with E-state index >= 15 is 0 Å². The molecule has 0 saturated carbocycles. The summed E-state index contributed by atoms with van der Waals surface area (Å²) >= 11 is 0. The Hall–Kier alpha value is -1.55. The van der Waals surface area contributed by atoms with Gasteiger partial charge in [-0.1, -0.05) is 18.2 Å². The van der Waals surface area contributed by atoms with Crippen LogP contribution in [0.5, 0.6) is 5.75 Å². The van der Waals surface area contributed by atoms with E-state index in [1.807, 2.05) is 32.0 Å². The maximum absolute atomic E-state index is 11.7. The van der Waals surface area contributed by atoms with E-state index in [0.29, 0.717) is 18.2 Å². The Morgan fingerprint density at radius 3 is 2.65 bits per heavy atom. The van der Waals surface area contributed by atoms with Crippen LogP contribution in [-0.2, 0) is 11.2 Å². The predicted octanol–water partition coefficient (Wildman–Crippen LogP) is 1.00. The minimum absolute atomic E-state index is 0.0693. The second-order valence-corrected chi connectivity index (χ2v) is 4.42. The fraction of sp³-hybridized carbons (Fsp3) is 0.462. The van der Waals surface area contributed by atoms with E-state index in [-0.39, 0.29) is 18.1 Å². The van der Waals surface area contributed by atoms with Crippen molar-refractivity contribution in [1.29, 1.82) is 0 Å². The van der Waals surface area contributed by atoms with Crippen molar-refractivity contribution in [2.24, 2.45) is 0 Å². The molecule has 1 amide bonds. The van der Waals surface area contributed by atoms with Crippen LogP contribution in [-0.4, -0.2) is 42.6 Å². The van der Waals surface area contributed by atoms with Gasteiger partial charge in [0.15, 0.2) is 0 Å². The van der Waals surface area contributed by atoms with Gasteiger partial charge in [0.05, 0.1) is 6.42 Å². The van der Waals surface area contributed by atoms with Gasteiger partial charge in [0.1, 0.15) is 5.75 Å². The van der Waals surface area contributed by atoms with Crippen molar-refractivity contribution in [3.8, 4) is 5.75 Å². The molecule has 17 heavy (non-hydrogen) atoms. The molecule has 1 aromatic rings. The van der Waals surface area contributed by atoms with Crippen LogP contribution < -0.4 is 5.32 Å². The first-order chi connectivity index (χ1) is 8.00. The van der Waals surface area contributed by atoms with Crippen molar-refractivity contribution in [1.82, 2.24) is 10.2 Å². The topological polar surface area (TPSA) is 52.6 Å². The maximum Gasteiger partial charge on any atom is 0.224 e. The van der Waals surface area contributed by atoms with Crippen LogP contribution in [0, 0.1) is 0 Å². The van der Waals surface area contributed by atoms with Gasteiger partial charge in [-0.3, -0.25) is 4.79 Å². The number of nitrogens with zero attached hydrogens (tertiary/aromatic N) is 1. The van der Waals surface area contributed by atoms with Gasteiger partial charge in [-0.05, 0) is 27.1 Å². The van der Waals surface area contributed by atoms with Gasteiger partial charge in [-0.2, -0.15) is 0 Å². The standard InChI is InChI=1S/C13H20N2O2/c1-10(15(2)3)9-14-13(17)8-11-6-4-5-7-12(11)16/h4-7,10,16H,8-9H2,1-3H3,(H,14,17). The second-order valence-electron chi connectivity index (χ2n) is 4.42. The number of phenols is 1. The van der Waals surface area contributed by atoms with Crippen molar-refractivity contribution >= 4 is 5.91 Å². The fourth-order valence-corrected chi connectivity index (χ4v) is 1.34. The number of amides is 1. The van der Waals surface area contributed by atoms with E-state index in [2.05, 4.69) is 5.32 Å². The quantitative estimate of drug-likeness (QED) is 0.802. The maximum atomic E-state index is 11.7. The third kappa shape index (κ3) is 4.44. The van der Waals surface area contributed by atoms with Crippen molar-refractivity contribution in [3.05, 3.63) is 29.8 Å². The normalized spacial score (nSPS) is 12.5. The third-order valence-corrected chi connectivity index (χ3v) is 2.82. The Bertz CT molecular complexity index is 377. The van der Waals surface area contributed by atoms with Crippen molar-refractivity contribution in [2.75, 3.05) is 20.6 Å². The Morgan fingerprint density at radius 1 is 1.41 bits per heavy atom. The Balaban J connectivity index is 2.43. The number of likely N-dealkylation sites (N-methyl/N-ethyl adjacent to an activating group) is 1. The van der Waals surface area contributed by atoms with Gasteiger partial charge in [0.25, 0.3) is 0 Å². The van der Waals surface area contributed by atoms with Gasteiger partial charge in [0, 0.05) is 18.2 Å². The fourth-order valence-electron chi connectivity index (χ4n) is 1.34. The second kappa shape index (κ2) is 6.25. The number of hydrogen-bond acceptors (Lipinski definition) is 3. The van der Waals surface area contributed by atoms with Gasteiger partial charge in [-0.15, -0.1) is 0 Å². The lowest BCUT2D eigenvalue weighted by Crippen LogP contribution is -2.38. The lowest BCUT2D eigenvalue weighted by molar-refractivity contribution is -0.120. The molecule has 4 nitrogen and oxygen atoms in total. The molecule has 1 aromatic carbocycles. The molecule has 4 heteroatoms. The van der Waals surface area contributed by atoms with Crippen LogP contribution in [0.25, 0.3) is 0 Å².